The Morgan fingerprint density at radius 1 is 1.10 bits per heavy atom. The van der Waals surface area contributed by atoms with Crippen LogP contribution >= 0.6 is 0 Å². The number of aryl methyl sites for hydroxylation is 1. The van der Waals surface area contributed by atoms with E-state index in [9.17, 15) is 0 Å². The van der Waals surface area contributed by atoms with Gasteiger partial charge in [0.25, 0.3) is 0 Å². The highest BCUT2D eigenvalue weighted by Gasteiger charge is 2.23. The Morgan fingerprint density at radius 2 is 1.81 bits per heavy atom. The summed E-state index contributed by atoms with van der Waals surface area (Å²) < 4.78 is 5.82. The number of ether oxygens (including phenoxy) is 1. The maximum Gasteiger partial charge on any atom is 0.119 e. The lowest BCUT2D eigenvalue weighted by Crippen LogP contribution is -2.19. The zero-order chi connectivity index (χ0) is 14.7. The third-order valence-corrected chi connectivity index (χ3v) is 4.08. The van der Waals surface area contributed by atoms with E-state index in [-0.39, 0.29) is 6.04 Å². The molecule has 1 aliphatic carbocycles. The standard InChI is InChI=1S/C19H23NO/c1-3-14-6-4-5-7-18(14)19(20-2)15-8-10-16(11-9-15)21-17-12-13-17/h4-11,17,19-20H,3,12-13H2,1-2H3. The second-order valence-electron chi connectivity index (χ2n) is 5.66. The van der Waals surface area contributed by atoms with Gasteiger partial charge in [0.15, 0.2) is 0 Å². The van der Waals surface area contributed by atoms with Crippen molar-refractivity contribution in [3.8, 4) is 5.75 Å². The van der Waals surface area contributed by atoms with E-state index in [1.165, 1.54) is 29.5 Å². The normalized spacial score (nSPS) is 15.7. The Bertz CT molecular complexity index is 587. The van der Waals surface area contributed by atoms with Gasteiger partial charge >= 0.3 is 0 Å². The van der Waals surface area contributed by atoms with Crippen molar-refractivity contribution in [1.82, 2.24) is 5.32 Å². The molecule has 1 atom stereocenters. The van der Waals surface area contributed by atoms with E-state index in [1.807, 2.05) is 7.05 Å². The van der Waals surface area contributed by atoms with E-state index >= 15 is 0 Å². The molecule has 2 heteroatoms. The molecule has 2 aromatic carbocycles. The Labute approximate surface area is 127 Å². The topological polar surface area (TPSA) is 21.3 Å². The highest BCUT2D eigenvalue weighted by atomic mass is 16.5. The van der Waals surface area contributed by atoms with Crippen LogP contribution in [0.4, 0.5) is 0 Å². The minimum Gasteiger partial charge on any atom is -0.490 e. The molecular weight excluding hydrogens is 258 g/mol. The molecule has 1 N–H and O–H groups in total. The largest absolute Gasteiger partial charge is 0.490 e. The first-order valence-corrected chi connectivity index (χ1v) is 7.83. The predicted octanol–water partition coefficient (Wildman–Crippen LogP) is 4.10. The van der Waals surface area contributed by atoms with Gasteiger partial charge in [-0.1, -0.05) is 43.3 Å². The number of rotatable bonds is 6. The fraction of sp³-hybridized carbons (Fsp3) is 0.368. The maximum absolute atomic E-state index is 5.82. The lowest BCUT2D eigenvalue weighted by atomic mass is 9.93. The van der Waals surface area contributed by atoms with Gasteiger partial charge in [-0.15, -0.1) is 0 Å². The van der Waals surface area contributed by atoms with Crippen molar-refractivity contribution in [2.24, 2.45) is 0 Å². The summed E-state index contributed by atoms with van der Waals surface area (Å²) in [6.07, 6.45) is 3.91. The molecule has 1 aliphatic rings. The van der Waals surface area contributed by atoms with Crippen molar-refractivity contribution in [3.63, 3.8) is 0 Å². The van der Waals surface area contributed by atoms with Crippen molar-refractivity contribution in [1.29, 1.82) is 0 Å². The van der Waals surface area contributed by atoms with Crippen LogP contribution in [0.1, 0.15) is 42.5 Å². The monoisotopic (exact) mass is 281 g/mol. The fourth-order valence-corrected chi connectivity index (χ4v) is 2.76. The Hall–Kier alpha value is -1.80. The van der Waals surface area contributed by atoms with Crippen LogP contribution in [0.25, 0.3) is 0 Å². The molecule has 3 rings (SSSR count). The molecule has 1 saturated carbocycles. The average molecular weight is 281 g/mol. The van der Waals surface area contributed by atoms with Crippen LogP contribution in [-0.2, 0) is 6.42 Å². The quantitative estimate of drug-likeness (QED) is 0.860. The Kier molecular flexibility index (Phi) is 4.26. The van der Waals surface area contributed by atoms with Crippen LogP contribution in [0.3, 0.4) is 0 Å². The second-order valence-corrected chi connectivity index (χ2v) is 5.66. The molecular formula is C19H23NO. The van der Waals surface area contributed by atoms with Gasteiger partial charge in [-0.05, 0) is 55.1 Å². The summed E-state index contributed by atoms with van der Waals surface area (Å²) in [5.41, 5.74) is 4.04. The van der Waals surface area contributed by atoms with Gasteiger partial charge in [0.05, 0.1) is 12.1 Å². The minimum absolute atomic E-state index is 0.233. The van der Waals surface area contributed by atoms with Crippen LogP contribution in [0.2, 0.25) is 0 Å². The molecule has 110 valence electrons. The van der Waals surface area contributed by atoms with Gasteiger partial charge < -0.3 is 10.1 Å². The number of hydrogen-bond acceptors (Lipinski definition) is 2. The van der Waals surface area contributed by atoms with Crippen molar-refractivity contribution in [2.75, 3.05) is 7.05 Å². The van der Waals surface area contributed by atoms with Crippen molar-refractivity contribution < 1.29 is 4.74 Å². The van der Waals surface area contributed by atoms with Crippen LogP contribution in [0.5, 0.6) is 5.75 Å². The van der Waals surface area contributed by atoms with E-state index in [0.29, 0.717) is 6.10 Å². The summed E-state index contributed by atoms with van der Waals surface area (Å²) >= 11 is 0. The number of benzene rings is 2. The van der Waals surface area contributed by atoms with Gasteiger partial charge in [-0.25, -0.2) is 0 Å². The average Bonchev–Trinajstić information content (AvgIpc) is 3.34. The van der Waals surface area contributed by atoms with Crippen LogP contribution < -0.4 is 10.1 Å². The molecule has 0 aliphatic heterocycles. The summed E-state index contributed by atoms with van der Waals surface area (Å²) in [7, 11) is 2.02. The highest BCUT2D eigenvalue weighted by Crippen LogP contribution is 2.29. The first kappa shape index (κ1) is 14.2. The van der Waals surface area contributed by atoms with E-state index in [4.69, 9.17) is 4.74 Å². The van der Waals surface area contributed by atoms with E-state index in [2.05, 4.69) is 60.8 Å². The van der Waals surface area contributed by atoms with E-state index in [0.717, 1.165) is 12.2 Å². The maximum atomic E-state index is 5.82. The third kappa shape index (κ3) is 3.27. The minimum atomic E-state index is 0.233. The van der Waals surface area contributed by atoms with Crippen molar-refractivity contribution >= 4 is 0 Å². The summed E-state index contributed by atoms with van der Waals surface area (Å²) in [5, 5.41) is 3.44. The SMILES string of the molecule is CCc1ccccc1C(NC)c1ccc(OC2CC2)cc1. The van der Waals surface area contributed by atoms with E-state index < -0.39 is 0 Å². The molecule has 1 unspecified atom stereocenters. The van der Waals surface area contributed by atoms with Gasteiger partial charge in [0, 0.05) is 0 Å². The molecule has 2 nitrogen and oxygen atoms in total. The van der Waals surface area contributed by atoms with Crippen LogP contribution in [0.15, 0.2) is 48.5 Å². The molecule has 0 amide bonds. The molecule has 0 heterocycles. The summed E-state index contributed by atoms with van der Waals surface area (Å²) in [6, 6.07) is 17.4. The highest BCUT2D eigenvalue weighted by molar-refractivity contribution is 5.39. The molecule has 1 fully saturated rings. The van der Waals surface area contributed by atoms with Crippen molar-refractivity contribution in [3.05, 3.63) is 65.2 Å². The Balaban J connectivity index is 1.84. The number of hydrogen-bond donors (Lipinski definition) is 1. The van der Waals surface area contributed by atoms with Crippen LogP contribution in [0, 0.1) is 0 Å². The van der Waals surface area contributed by atoms with Crippen LogP contribution in [-0.4, -0.2) is 13.2 Å². The number of nitrogens with one attached hydrogen (secondary N) is 1. The van der Waals surface area contributed by atoms with Gasteiger partial charge in [0.1, 0.15) is 5.75 Å². The van der Waals surface area contributed by atoms with Gasteiger partial charge in [0.2, 0.25) is 0 Å². The lowest BCUT2D eigenvalue weighted by molar-refractivity contribution is 0.303. The fourth-order valence-electron chi connectivity index (χ4n) is 2.76. The predicted molar refractivity (Wildman–Crippen MR) is 86.8 cm³/mol. The first-order valence-electron chi connectivity index (χ1n) is 7.83. The molecule has 2 aromatic rings. The smallest absolute Gasteiger partial charge is 0.119 e. The molecule has 0 spiro atoms. The van der Waals surface area contributed by atoms with Crippen molar-refractivity contribution in [2.45, 2.75) is 38.3 Å². The van der Waals surface area contributed by atoms with E-state index in [1.54, 1.807) is 0 Å². The summed E-state index contributed by atoms with van der Waals surface area (Å²) in [6.45, 7) is 2.21. The first-order chi connectivity index (χ1) is 10.3. The second kappa shape index (κ2) is 6.31. The molecule has 0 bridgehead atoms. The molecule has 21 heavy (non-hydrogen) atoms. The summed E-state index contributed by atoms with van der Waals surface area (Å²) in [5.74, 6) is 0.986. The zero-order valence-corrected chi connectivity index (χ0v) is 12.8. The molecule has 0 saturated heterocycles. The van der Waals surface area contributed by atoms with Gasteiger partial charge in [-0.2, -0.15) is 0 Å². The van der Waals surface area contributed by atoms with Gasteiger partial charge in [-0.3, -0.25) is 0 Å². The zero-order valence-electron chi connectivity index (χ0n) is 12.8. The lowest BCUT2D eigenvalue weighted by Gasteiger charge is -2.20. The third-order valence-electron chi connectivity index (χ3n) is 4.08. The molecule has 0 aromatic heterocycles. The summed E-state index contributed by atoms with van der Waals surface area (Å²) in [4.78, 5) is 0. The Morgan fingerprint density at radius 3 is 2.43 bits per heavy atom. The molecule has 0 radical (unpaired) electrons.